The number of fused-ring (bicyclic) bond motifs is 1. The summed E-state index contributed by atoms with van der Waals surface area (Å²) in [5, 5.41) is 3.15. The van der Waals surface area contributed by atoms with Gasteiger partial charge in [-0.2, -0.15) is 0 Å². The van der Waals surface area contributed by atoms with Crippen molar-refractivity contribution in [1.29, 1.82) is 0 Å². The van der Waals surface area contributed by atoms with E-state index in [2.05, 4.69) is 20.3 Å². The number of rotatable bonds is 4. The Morgan fingerprint density at radius 1 is 1.30 bits per heavy atom. The predicted octanol–water partition coefficient (Wildman–Crippen LogP) is 1.26. The van der Waals surface area contributed by atoms with E-state index in [9.17, 15) is 9.59 Å². The van der Waals surface area contributed by atoms with Crippen molar-refractivity contribution in [2.75, 3.05) is 7.11 Å². The molecule has 2 heterocycles. The Morgan fingerprint density at radius 3 is 2.96 bits per heavy atom. The Balaban J connectivity index is 1.79. The highest BCUT2D eigenvalue weighted by Crippen LogP contribution is 2.09. The number of ether oxygens (including phenoxy) is 1. The van der Waals surface area contributed by atoms with E-state index in [1.807, 2.05) is 0 Å². The van der Waals surface area contributed by atoms with Crippen LogP contribution in [-0.2, 0) is 6.54 Å². The highest BCUT2D eigenvalue weighted by atomic mass is 16.5. The van der Waals surface area contributed by atoms with Gasteiger partial charge in [-0.05, 0) is 23.8 Å². The quantitative estimate of drug-likeness (QED) is 0.756. The van der Waals surface area contributed by atoms with Crippen LogP contribution in [0.5, 0.6) is 5.88 Å². The zero-order valence-corrected chi connectivity index (χ0v) is 12.4. The van der Waals surface area contributed by atoms with E-state index >= 15 is 0 Å². The average Bonchev–Trinajstić information content (AvgIpc) is 2.60. The van der Waals surface area contributed by atoms with Crippen molar-refractivity contribution in [1.82, 2.24) is 20.3 Å². The molecule has 0 unspecified atom stereocenters. The minimum absolute atomic E-state index is 0.0188. The number of aromatic nitrogens is 3. The summed E-state index contributed by atoms with van der Waals surface area (Å²) in [6.07, 6.45) is 1.59. The molecule has 0 aliphatic heterocycles. The molecule has 7 nitrogen and oxygen atoms in total. The number of H-pyrrole nitrogens is 1. The molecular formula is C16H14N4O3. The van der Waals surface area contributed by atoms with Gasteiger partial charge in [0, 0.05) is 18.8 Å². The number of hydrogen-bond acceptors (Lipinski definition) is 5. The van der Waals surface area contributed by atoms with Crippen LogP contribution in [0.4, 0.5) is 0 Å². The topological polar surface area (TPSA) is 97.0 Å². The van der Waals surface area contributed by atoms with Crippen LogP contribution in [0, 0.1) is 0 Å². The third kappa shape index (κ3) is 3.18. The number of pyridine rings is 1. The van der Waals surface area contributed by atoms with Crippen molar-refractivity contribution >= 4 is 16.8 Å². The van der Waals surface area contributed by atoms with Crippen LogP contribution in [-0.4, -0.2) is 28.0 Å². The third-order valence-corrected chi connectivity index (χ3v) is 3.29. The molecule has 0 fully saturated rings. The fraction of sp³-hybridized carbons (Fsp3) is 0.125. The molecule has 0 aliphatic rings. The van der Waals surface area contributed by atoms with Crippen molar-refractivity contribution in [3.63, 3.8) is 0 Å². The molecule has 0 bridgehead atoms. The standard InChI is InChI=1S/C16H14N4O3/c1-23-13-8-10(6-7-17-13)9-18-16(22)14-19-12-5-3-2-4-11(12)15(21)20-14/h2-8H,9H2,1H3,(H,18,22)(H,19,20,21). The molecule has 0 spiro atoms. The number of para-hydroxylation sites is 1. The van der Waals surface area contributed by atoms with Crippen LogP contribution in [0.1, 0.15) is 16.2 Å². The molecule has 2 aromatic heterocycles. The van der Waals surface area contributed by atoms with E-state index in [-0.39, 0.29) is 17.9 Å². The van der Waals surface area contributed by atoms with Gasteiger partial charge in [-0.3, -0.25) is 9.59 Å². The number of nitrogens with one attached hydrogen (secondary N) is 2. The number of hydrogen-bond donors (Lipinski definition) is 2. The second-order valence-electron chi connectivity index (χ2n) is 4.82. The largest absolute Gasteiger partial charge is 0.481 e. The lowest BCUT2D eigenvalue weighted by molar-refractivity contribution is 0.0940. The van der Waals surface area contributed by atoms with Crippen LogP contribution in [0.3, 0.4) is 0 Å². The van der Waals surface area contributed by atoms with Crippen LogP contribution in [0.2, 0.25) is 0 Å². The number of nitrogens with zero attached hydrogens (tertiary/aromatic N) is 2. The second-order valence-corrected chi connectivity index (χ2v) is 4.82. The van der Waals surface area contributed by atoms with Gasteiger partial charge in [0.05, 0.1) is 18.0 Å². The van der Waals surface area contributed by atoms with Crippen LogP contribution in [0.25, 0.3) is 10.9 Å². The van der Waals surface area contributed by atoms with Gasteiger partial charge in [0.25, 0.3) is 11.5 Å². The minimum Gasteiger partial charge on any atom is -0.481 e. The van der Waals surface area contributed by atoms with E-state index in [0.29, 0.717) is 16.8 Å². The normalized spacial score (nSPS) is 10.5. The fourth-order valence-electron chi connectivity index (χ4n) is 2.13. The maximum absolute atomic E-state index is 12.2. The molecule has 0 saturated carbocycles. The molecule has 3 aromatic rings. The molecule has 3 rings (SSSR count). The fourth-order valence-corrected chi connectivity index (χ4v) is 2.13. The molecule has 116 valence electrons. The monoisotopic (exact) mass is 310 g/mol. The zero-order valence-electron chi connectivity index (χ0n) is 12.4. The summed E-state index contributed by atoms with van der Waals surface area (Å²) in [4.78, 5) is 34.8. The molecule has 1 aromatic carbocycles. The summed E-state index contributed by atoms with van der Waals surface area (Å²) in [5.41, 5.74) is 0.964. The number of carbonyl (C=O) groups excluding carboxylic acids is 1. The summed E-state index contributed by atoms with van der Waals surface area (Å²) in [6.45, 7) is 0.272. The number of methoxy groups -OCH3 is 1. The molecular weight excluding hydrogens is 296 g/mol. The summed E-state index contributed by atoms with van der Waals surface area (Å²) in [6, 6.07) is 10.3. The Bertz CT molecular complexity index is 920. The predicted molar refractivity (Wildman–Crippen MR) is 84.3 cm³/mol. The van der Waals surface area contributed by atoms with Crippen molar-refractivity contribution in [3.05, 3.63) is 64.3 Å². The summed E-state index contributed by atoms with van der Waals surface area (Å²) in [7, 11) is 1.52. The van der Waals surface area contributed by atoms with E-state index in [1.54, 1.807) is 42.6 Å². The molecule has 0 atom stereocenters. The minimum atomic E-state index is -0.455. The SMILES string of the molecule is COc1cc(CNC(=O)c2nc3ccccc3c(=O)[nH]2)ccn1. The number of carbonyl (C=O) groups is 1. The third-order valence-electron chi connectivity index (χ3n) is 3.29. The lowest BCUT2D eigenvalue weighted by Crippen LogP contribution is -2.27. The van der Waals surface area contributed by atoms with E-state index < -0.39 is 5.91 Å². The van der Waals surface area contributed by atoms with E-state index in [0.717, 1.165) is 5.56 Å². The van der Waals surface area contributed by atoms with Crippen molar-refractivity contribution < 1.29 is 9.53 Å². The lowest BCUT2D eigenvalue weighted by Gasteiger charge is -2.06. The van der Waals surface area contributed by atoms with E-state index in [1.165, 1.54) is 7.11 Å². The highest BCUT2D eigenvalue weighted by molar-refractivity contribution is 5.92. The second kappa shape index (κ2) is 6.27. The first-order chi connectivity index (χ1) is 11.2. The van der Waals surface area contributed by atoms with Gasteiger partial charge in [-0.15, -0.1) is 0 Å². The highest BCUT2D eigenvalue weighted by Gasteiger charge is 2.11. The Hall–Kier alpha value is -3.22. The number of benzene rings is 1. The van der Waals surface area contributed by atoms with Gasteiger partial charge in [0.15, 0.2) is 5.82 Å². The summed E-state index contributed by atoms with van der Waals surface area (Å²) < 4.78 is 5.03. The number of aromatic amines is 1. The first-order valence-corrected chi connectivity index (χ1v) is 6.93. The summed E-state index contributed by atoms with van der Waals surface area (Å²) >= 11 is 0. The van der Waals surface area contributed by atoms with Crippen LogP contribution >= 0.6 is 0 Å². The van der Waals surface area contributed by atoms with Crippen molar-refractivity contribution in [2.45, 2.75) is 6.54 Å². The Morgan fingerprint density at radius 2 is 2.13 bits per heavy atom. The molecule has 1 amide bonds. The van der Waals surface area contributed by atoms with Gasteiger partial charge in [0.2, 0.25) is 5.88 Å². The van der Waals surface area contributed by atoms with Crippen molar-refractivity contribution in [2.24, 2.45) is 0 Å². The smallest absolute Gasteiger partial charge is 0.287 e. The Labute approximate surface area is 131 Å². The number of amides is 1. The molecule has 2 N–H and O–H groups in total. The van der Waals surface area contributed by atoms with Crippen LogP contribution < -0.4 is 15.6 Å². The summed E-state index contributed by atoms with van der Waals surface area (Å²) in [5.74, 6) is -0.00709. The van der Waals surface area contributed by atoms with Gasteiger partial charge in [-0.25, -0.2) is 9.97 Å². The molecule has 0 radical (unpaired) electrons. The molecule has 0 aliphatic carbocycles. The van der Waals surface area contributed by atoms with Gasteiger partial charge in [-0.1, -0.05) is 12.1 Å². The molecule has 23 heavy (non-hydrogen) atoms. The zero-order chi connectivity index (χ0) is 16.2. The molecule has 0 saturated heterocycles. The maximum atomic E-state index is 12.2. The Kier molecular flexibility index (Phi) is 4.01. The first-order valence-electron chi connectivity index (χ1n) is 6.93. The first kappa shape index (κ1) is 14.7. The van der Waals surface area contributed by atoms with Crippen molar-refractivity contribution in [3.8, 4) is 5.88 Å². The van der Waals surface area contributed by atoms with Gasteiger partial charge in [0.1, 0.15) is 0 Å². The average molecular weight is 310 g/mol. The van der Waals surface area contributed by atoms with Gasteiger partial charge >= 0.3 is 0 Å². The van der Waals surface area contributed by atoms with Gasteiger partial charge < -0.3 is 15.0 Å². The lowest BCUT2D eigenvalue weighted by atomic mass is 10.2. The van der Waals surface area contributed by atoms with E-state index in [4.69, 9.17) is 4.74 Å². The molecule has 7 heteroatoms. The van der Waals surface area contributed by atoms with Crippen LogP contribution in [0.15, 0.2) is 47.4 Å². The maximum Gasteiger partial charge on any atom is 0.287 e.